The Morgan fingerprint density at radius 2 is 1.82 bits per heavy atom. The molecule has 1 aliphatic rings. The number of aromatic hydroxyl groups is 1. The van der Waals surface area contributed by atoms with Crippen molar-refractivity contribution in [3.63, 3.8) is 0 Å². The van der Waals surface area contributed by atoms with Gasteiger partial charge in [0.05, 0.1) is 23.2 Å². The Balaban J connectivity index is 1.95. The number of halogens is 3. The van der Waals surface area contributed by atoms with Crippen LogP contribution in [0.3, 0.4) is 0 Å². The summed E-state index contributed by atoms with van der Waals surface area (Å²) in [5.41, 5.74) is 0.0235. The maximum atomic E-state index is 14.0. The zero-order valence-electron chi connectivity index (χ0n) is 17.8. The largest absolute Gasteiger partial charge is 0.508 e. The summed E-state index contributed by atoms with van der Waals surface area (Å²) in [4.78, 5) is 27.1. The van der Waals surface area contributed by atoms with Crippen molar-refractivity contribution in [3.8, 4) is 11.5 Å². The summed E-state index contributed by atoms with van der Waals surface area (Å²) in [5, 5.41) is 21.4. The van der Waals surface area contributed by atoms with E-state index < -0.39 is 35.1 Å². The topological polar surface area (TPSA) is 87.1 Å². The average molecular weight is 486 g/mol. The van der Waals surface area contributed by atoms with Crippen molar-refractivity contribution in [2.24, 2.45) is 0 Å². The number of ketones is 1. The number of nitrogens with zero attached hydrogens (tertiary/aromatic N) is 1. The van der Waals surface area contributed by atoms with Crippen LogP contribution in [0.15, 0.2) is 66.2 Å². The molecule has 3 aromatic rings. The second-order valence-electron chi connectivity index (χ2n) is 7.44. The molecular weight excluding hydrogens is 468 g/mol. The van der Waals surface area contributed by atoms with E-state index in [1.54, 1.807) is 6.92 Å². The van der Waals surface area contributed by atoms with Crippen LogP contribution < -0.4 is 9.64 Å². The fourth-order valence-corrected chi connectivity index (χ4v) is 3.99. The Kier molecular flexibility index (Phi) is 6.26. The van der Waals surface area contributed by atoms with E-state index in [0.29, 0.717) is 6.61 Å². The minimum atomic E-state index is -1.23. The van der Waals surface area contributed by atoms with E-state index in [1.165, 1.54) is 42.5 Å². The highest BCUT2D eigenvalue weighted by Gasteiger charge is 2.47. The predicted molar refractivity (Wildman–Crippen MR) is 122 cm³/mol. The third-order valence-corrected chi connectivity index (χ3v) is 5.63. The van der Waals surface area contributed by atoms with Gasteiger partial charge in [-0.25, -0.2) is 8.78 Å². The van der Waals surface area contributed by atoms with E-state index in [2.05, 4.69) is 0 Å². The lowest BCUT2D eigenvalue weighted by molar-refractivity contribution is -0.132. The molecular formula is C25H18ClF2NO5. The third kappa shape index (κ3) is 4.08. The van der Waals surface area contributed by atoms with Gasteiger partial charge < -0.3 is 14.9 Å². The number of aliphatic hydroxyl groups is 1. The summed E-state index contributed by atoms with van der Waals surface area (Å²) in [6.45, 7) is 2.05. The molecule has 9 heteroatoms. The average Bonchev–Trinajstić information content (AvgIpc) is 3.07. The van der Waals surface area contributed by atoms with Gasteiger partial charge in [0.2, 0.25) is 0 Å². The highest BCUT2D eigenvalue weighted by atomic mass is 35.5. The van der Waals surface area contributed by atoms with Gasteiger partial charge in [0, 0.05) is 17.3 Å². The molecule has 0 spiro atoms. The first kappa shape index (κ1) is 23.3. The Morgan fingerprint density at radius 1 is 1.06 bits per heavy atom. The number of rotatable bonds is 5. The van der Waals surface area contributed by atoms with Gasteiger partial charge in [-0.3, -0.25) is 14.5 Å². The van der Waals surface area contributed by atoms with Crippen LogP contribution in [0.5, 0.6) is 11.5 Å². The van der Waals surface area contributed by atoms with Crippen molar-refractivity contribution in [2.75, 3.05) is 11.5 Å². The zero-order valence-corrected chi connectivity index (χ0v) is 18.5. The molecule has 2 N–H and O–H groups in total. The van der Waals surface area contributed by atoms with E-state index in [1.807, 2.05) is 0 Å². The lowest BCUT2D eigenvalue weighted by Gasteiger charge is -2.25. The number of hydrogen-bond acceptors (Lipinski definition) is 5. The van der Waals surface area contributed by atoms with E-state index >= 15 is 0 Å². The van der Waals surface area contributed by atoms with E-state index in [-0.39, 0.29) is 38.9 Å². The van der Waals surface area contributed by atoms with Crippen LogP contribution in [-0.4, -0.2) is 28.5 Å². The fourth-order valence-electron chi connectivity index (χ4n) is 3.82. The highest BCUT2D eigenvalue weighted by molar-refractivity contribution is 6.51. The van der Waals surface area contributed by atoms with Crippen LogP contribution >= 0.6 is 11.6 Å². The van der Waals surface area contributed by atoms with Crippen molar-refractivity contribution in [1.29, 1.82) is 0 Å². The van der Waals surface area contributed by atoms with Crippen LogP contribution in [0, 0.1) is 11.6 Å². The molecule has 1 fully saturated rings. The van der Waals surface area contributed by atoms with Gasteiger partial charge in [0.1, 0.15) is 17.3 Å². The van der Waals surface area contributed by atoms with Crippen molar-refractivity contribution in [3.05, 3.63) is 94.0 Å². The number of phenolic OH excluding ortho intramolecular Hbond substituents is 1. The standard InChI is InChI=1S/C25H18ClF2NO5/c1-2-34-20-11-14(6-8-17(20)26)23(31)21-22(13-4-3-5-16(30)10-13)29(25(33)24(21)32)15-7-9-18(27)19(28)12-15/h3-12,22,30-31H,2H2,1H3/b23-21+. The van der Waals surface area contributed by atoms with Gasteiger partial charge in [0.15, 0.2) is 11.6 Å². The fraction of sp³-hybridized carbons (Fsp3) is 0.120. The number of carbonyl (C=O) groups is 2. The molecule has 6 nitrogen and oxygen atoms in total. The second kappa shape index (κ2) is 9.15. The first-order valence-electron chi connectivity index (χ1n) is 10.2. The first-order valence-corrected chi connectivity index (χ1v) is 10.6. The minimum absolute atomic E-state index is 0.0977. The quantitative estimate of drug-likeness (QED) is 0.289. The highest BCUT2D eigenvalue weighted by Crippen LogP contribution is 2.43. The van der Waals surface area contributed by atoms with Gasteiger partial charge >= 0.3 is 0 Å². The zero-order chi connectivity index (χ0) is 24.6. The number of benzene rings is 3. The van der Waals surface area contributed by atoms with Crippen molar-refractivity contribution in [2.45, 2.75) is 13.0 Å². The van der Waals surface area contributed by atoms with Gasteiger partial charge in [-0.05, 0) is 55.0 Å². The van der Waals surface area contributed by atoms with Crippen molar-refractivity contribution < 1.29 is 33.3 Å². The molecule has 3 aromatic carbocycles. The van der Waals surface area contributed by atoms with E-state index in [4.69, 9.17) is 16.3 Å². The molecule has 0 aliphatic carbocycles. The molecule has 1 saturated heterocycles. The normalized spacial score (nSPS) is 17.3. The molecule has 0 saturated carbocycles. The number of aliphatic hydroxyl groups excluding tert-OH is 1. The molecule has 1 amide bonds. The Morgan fingerprint density at radius 3 is 2.50 bits per heavy atom. The molecule has 34 heavy (non-hydrogen) atoms. The monoisotopic (exact) mass is 485 g/mol. The van der Waals surface area contributed by atoms with Gasteiger partial charge in [-0.2, -0.15) is 0 Å². The van der Waals surface area contributed by atoms with Gasteiger partial charge in [0.25, 0.3) is 11.7 Å². The first-order chi connectivity index (χ1) is 16.2. The molecule has 174 valence electrons. The lowest BCUT2D eigenvalue weighted by atomic mass is 9.95. The van der Waals surface area contributed by atoms with Crippen LogP contribution in [0.25, 0.3) is 5.76 Å². The third-order valence-electron chi connectivity index (χ3n) is 5.32. The summed E-state index contributed by atoms with van der Waals surface area (Å²) in [7, 11) is 0. The summed E-state index contributed by atoms with van der Waals surface area (Å²) in [6, 6.07) is 11.6. The maximum absolute atomic E-state index is 14.0. The Labute approximate surface area is 198 Å². The molecule has 0 radical (unpaired) electrons. The number of Topliss-reactive ketones (excluding diaryl/α,β-unsaturated/α-hetero) is 1. The van der Waals surface area contributed by atoms with Gasteiger partial charge in [-0.1, -0.05) is 23.7 Å². The summed E-state index contributed by atoms with van der Waals surface area (Å²) in [5.74, 6) is -4.85. The second-order valence-corrected chi connectivity index (χ2v) is 7.85. The smallest absolute Gasteiger partial charge is 0.300 e. The summed E-state index contributed by atoms with van der Waals surface area (Å²) < 4.78 is 33.0. The van der Waals surface area contributed by atoms with Crippen LogP contribution in [-0.2, 0) is 9.59 Å². The minimum Gasteiger partial charge on any atom is -0.508 e. The van der Waals surface area contributed by atoms with E-state index in [0.717, 1.165) is 23.1 Å². The molecule has 0 bridgehead atoms. The van der Waals surface area contributed by atoms with Crippen LogP contribution in [0.2, 0.25) is 5.02 Å². The lowest BCUT2D eigenvalue weighted by Crippen LogP contribution is -2.29. The predicted octanol–water partition coefficient (Wildman–Crippen LogP) is 5.35. The number of hydrogen-bond donors (Lipinski definition) is 2. The molecule has 4 rings (SSSR count). The van der Waals surface area contributed by atoms with Crippen LogP contribution in [0.1, 0.15) is 24.1 Å². The molecule has 1 heterocycles. The molecule has 1 unspecified atom stereocenters. The number of anilines is 1. The maximum Gasteiger partial charge on any atom is 0.300 e. The summed E-state index contributed by atoms with van der Waals surface area (Å²) in [6.07, 6.45) is 0. The summed E-state index contributed by atoms with van der Waals surface area (Å²) >= 11 is 6.12. The molecule has 1 atom stereocenters. The number of phenols is 1. The Bertz CT molecular complexity index is 1340. The SMILES string of the molecule is CCOc1cc(/C(O)=C2\C(=O)C(=O)N(c3ccc(F)c(F)c3)C2c2cccc(O)c2)ccc1Cl. The Hall–Kier alpha value is -3.91. The number of carbonyl (C=O) groups excluding carboxylic acids is 2. The molecule has 0 aromatic heterocycles. The molecule has 1 aliphatic heterocycles. The van der Waals surface area contributed by atoms with Crippen molar-refractivity contribution in [1.82, 2.24) is 0 Å². The van der Waals surface area contributed by atoms with Gasteiger partial charge in [-0.15, -0.1) is 0 Å². The number of amides is 1. The van der Waals surface area contributed by atoms with Crippen molar-refractivity contribution >= 4 is 34.7 Å². The van der Waals surface area contributed by atoms with E-state index in [9.17, 15) is 28.6 Å². The van der Waals surface area contributed by atoms with Crippen LogP contribution in [0.4, 0.5) is 14.5 Å². The number of ether oxygens (including phenoxy) is 1.